The quantitative estimate of drug-likeness (QED) is 0.283. The van der Waals surface area contributed by atoms with Gasteiger partial charge in [-0.3, -0.25) is 19.3 Å². The minimum absolute atomic E-state index is 0.00459. The van der Waals surface area contributed by atoms with Crippen LogP contribution in [-0.2, 0) is 33.9 Å². The summed E-state index contributed by atoms with van der Waals surface area (Å²) in [5, 5.41) is 26.8. The second-order valence-electron chi connectivity index (χ2n) is 12.1. The molecule has 4 N–H and O–H groups in total. The van der Waals surface area contributed by atoms with E-state index in [2.05, 4.69) is 15.5 Å². The second-order valence-corrected chi connectivity index (χ2v) is 14.0. The van der Waals surface area contributed by atoms with Crippen LogP contribution < -0.4 is 10.6 Å². The van der Waals surface area contributed by atoms with Gasteiger partial charge in [0.05, 0.1) is 23.5 Å². The largest absolute Gasteiger partial charge is 0.388 e. The van der Waals surface area contributed by atoms with Crippen molar-refractivity contribution in [1.29, 1.82) is 0 Å². The Morgan fingerprint density at radius 2 is 1.73 bits per heavy atom. The molecule has 5 aliphatic rings. The Morgan fingerprint density at radius 1 is 0.977 bits per heavy atom. The number of nitrogens with one attached hydrogen (secondary N) is 2. The maximum absolute atomic E-state index is 14.1. The highest BCUT2D eigenvalue weighted by atomic mass is 32.2. The summed E-state index contributed by atoms with van der Waals surface area (Å²) < 4.78 is 53.6. The average Bonchev–Trinajstić information content (AvgIpc) is 3.55. The number of amides is 3. The molecule has 5 heterocycles. The zero-order valence-corrected chi connectivity index (χ0v) is 24.9. The van der Waals surface area contributed by atoms with Crippen LogP contribution in [0.15, 0.2) is 29.2 Å². The molecule has 0 spiro atoms. The van der Waals surface area contributed by atoms with Gasteiger partial charge in [0, 0.05) is 58.0 Å². The number of rotatable bonds is 3. The Balaban J connectivity index is 1.32. The molecule has 6 rings (SSSR count). The number of aliphatic hydroxyl groups is 2. The highest BCUT2D eigenvalue weighted by molar-refractivity contribution is 7.89. The molecule has 242 valence electrons. The second kappa shape index (κ2) is 12.6. The Labute approximate surface area is 254 Å². The first kappa shape index (κ1) is 31.3. The lowest BCUT2D eigenvalue weighted by atomic mass is 10.0. The SMILES string of the molecule is O=C1C[C@@H]2O[C@H](CNC(=O)[C@@H]3CN(CCN3S(=O)(=O)c3cccc(F)c3)C(=O)[C@@H]3C[C@@H](CN3C3CCOCC3)N1)[C@@H](O)[C@H]2O. The van der Waals surface area contributed by atoms with Crippen LogP contribution in [0.1, 0.15) is 25.7 Å². The monoisotopic (exact) mass is 639 g/mol. The van der Waals surface area contributed by atoms with E-state index in [1.54, 1.807) is 0 Å². The maximum Gasteiger partial charge on any atom is 0.244 e. The molecule has 6 bridgehead atoms. The number of halogens is 1. The first-order valence-electron chi connectivity index (χ1n) is 15.0. The predicted octanol–water partition coefficient (Wildman–Crippen LogP) is -2.23. The van der Waals surface area contributed by atoms with Gasteiger partial charge in [0.15, 0.2) is 0 Å². The summed E-state index contributed by atoms with van der Waals surface area (Å²) >= 11 is 0. The highest BCUT2D eigenvalue weighted by Gasteiger charge is 2.49. The smallest absolute Gasteiger partial charge is 0.244 e. The zero-order valence-electron chi connectivity index (χ0n) is 24.1. The maximum atomic E-state index is 14.1. The van der Waals surface area contributed by atoms with Crippen LogP contribution in [0.25, 0.3) is 0 Å². The van der Waals surface area contributed by atoms with Crippen molar-refractivity contribution in [3.63, 3.8) is 0 Å². The fourth-order valence-electron chi connectivity index (χ4n) is 7.02. The number of ether oxygens (including phenoxy) is 2. The van der Waals surface area contributed by atoms with Crippen molar-refractivity contribution in [1.82, 2.24) is 24.7 Å². The third-order valence-corrected chi connectivity index (χ3v) is 11.2. The zero-order chi connectivity index (χ0) is 31.2. The van der Waals surface area contributed by atoms with Crippen molar-refractivity contribution < 1.29 is 46.9 Å². The summed E-state index contributed by atoms with van der Waals surface area (Å²) in [6.07, 6.45) is -3.39. The van der Waals surface area contributed by atoms with Crippen molar-refractivity contribution in [2.45, 2.75) is 79.2 Å². The van der Waals surface area contributed by atoms with Crippen LogP contribution in [0.3, 0.4) is 0 Å². The number of aliphatic hydroxyl groups excluding tert-OH is 2. The van der Waals surface area contributed by atoms with Crippen LogP contribution in [0, 0.1) is 5.82 Å². The fourth-order valence-corrected chi connectivity index (χ4v) is 8.62. The van der Waals surface area contributed by atoms with Crippen LogP contribution in [0.4, 0.5) is 4.39 Å². The first-order valence-corrected chi connectivity index (χ1v) is 16.5. The number of benzene rings is 1. The number of hydrogen-bond acceptors (Lipinski definition) is 10. The van der Waals surface area contributed by atoms with Crippen LogP contribution in [-0.4, -0.2) is 145 Å². The molecule has 5 aliphatic heterocycles. The molecule has 3 amide bonds. The molecule has 44 heavy (non-hydrogen) atoms. The first-order chi connectivity index (χ1) is 21.0. The standard InChI is InChI=1S/C28H38FN5O9S/c29-16-2-1-3-19(10-16)44(40,41)34-7-6-32-15-21(34)27(38)30-13-23-26(37)25(36)22(43-23)12-24(35)31-17-11-20(28(32)39)33(14-17)18-4-8-42-9-5-18/h1-3,10,17-18,20-23,25-26,36-37H,4-9,11-15H2,(H,30,38)(H,31,35)/t17-,20-,21-,22-,23+,25-,26+/m0/s1. The van der Waals surface area contributed by atoms with E-state index in [4.69, 9.17) is 9.47 Å². The molecule has 1 aromatic rings. The van der Waals surface area contributed by atoms with Crippen molar-refractivity contribution >= 4 is 27.7 Å². The van der Waals surface area contributed by atoms with E-state index in [0.717, 1.165) is 16.4 Å². The molecule has 0 radical (unpaired) electrons. The van der Waals surface area contributed by atoms with Gasteiger partial charge in [-0.1, -0.05) is 6.07 Å². The lowest BCUT2D eigenvalue weighted by molar-refractivity contribution is -0.141. The van der Waals surface area contributed by atoms with E-state index < -0.39 is 58.2 Å². The van der Waals surface area contributed by atoms with Gasteiger partial charge in [0.25, 0.3) is 0 Å². The topological polar surface area (TPSA) is 178 Å². The lowest BCUT2D eigenvalue weighted by Gasteiger charge is -2.42. The molecule has 5 fully saturated rings. The predicted molar refractivity (Wildman–Crippen MR) is 150 cm³/mol. The summed E-state index contributed by atoms with van der Waals surface area (Å²) in [5.41, 5.74) is 0. The Morgan fingerprint density at radius 3 is 2.48 bits per heavy atom. The third kappa shape index (κ3) is 6.08. The summed E-state index contributed by atoms with van der Waals surface area (Å²) in [6.45, 7) is 0.741. The molecule has 0 unspecified atom stereocenters. The number of carbonyl (C=O) groups is 3. The Bertz CT molecular complexity index is 1380. The van der Waals surface area contributed by atoms with Gasteiger partial charge in [0.2, 0.25) is 27.7 Å². The molecular weight excluding hydrogens is 601 g/mol. The van der Waals surface area contributed by atoms with Crippen molar-refractivity contribution in [3.05, 3.63) is 30.1 Å². The number of carbonyl (C=O) groups excluding carboxylic acids is 3. The minimum Gasteiger partial charge on any atom is -0.388 e. The molecule has 0 aliphatic carbocycles. The van der Waals surface area contributed by atoms with Gasteiger partial charge in [-0.25, -0.2) is 12.8 Å². The van der Waals surface area contributed by atoms with Gasteiger partial charge in [-0.05, 0) is 37.5 Å². The minimum atomic E-state index is -4.35. The van der Waals surface area contributed by atoms with Gasteiger partial charge in [0.1, 0.15) is 30.2 Å². The summed E-state index contributed by atoms with van der Waals surface area (Å²) in [5.74, 6) is -2.15. The van der Waals surface area contributed by atoms with Gasteiger partial charge >= 0.3 is 0 Å². The van der Waals surface area contributed by atoms with E-state index in [-0.39, 0.29) is 61.4 Å². The average molecular weight is 640 g/mol. The molecule has 7 atom stereocenters. The highest BCUT2D eigenvalue weighted by Crippen LogP contribution is 2.30. The van der Waals surface area contributed by atoms with E-state index in [1.165, 1.54) is 17.0 Å². The van der Waals surface area contributed by atoms with E-state index in [9.17, 15) is 37.4 Å². The molecule has 16 heteroatoms. The molecular formula is C28H38FN5O9S. The lowest BCUT2D eigenvalue weighted by Crippen LogP contribution is -2.63. The van der Waals surface area contributed by atoms with Crippen molar-refractivity contribution in [3.8, 4) is 0 Å². The van der Waals surface area contributed by atoms with Gasteiger partial charge in [-0.15, -0.1) is 0 Å². The molecule has 0 aromatic heterocycles. The molecule has 5 saturated heterocycles. The fraction of sp³-hybridized carbons (Fsp3) is 0.679. The van der Waals surface area contributed by atoms with Gasteiger partial charge < -0.3 is 35.2 Å². The summed E-state index contributed by atoms with van der Waals surface area (Å²) in [4.78, 5) is 44.0. The number of sulfonamides is 1. The number of likely N-dealkylation sites (tertiary alicyclic amines) is 1. The van der Waals surface area contributed by atoms with Gasteiger partial charge in [-0.2, -0.15) is 4.31 Å². The van der Waals surface area contributed by atoms with Crippen LogP contribution in [0.2, 0.25) is 0 Å². The number of hydrogen-bond donors (Lipinski definition) is 4. The molecule has 1 aromatic carbocycles. The Hall–Kier alpha value is -2.73. The number of nitrogens with zero attached hydrogens (tertiary/aromatic N) is 3. The Kier molecular flexibility index (Phi) is 8.94. The van der Waals surface area contributed by atoms with E-state index >= 15 is 0 Å². The third-order valence-electron chi connectivity index (χ3n) is 9.32. The molecule has 14 nitrogen and oxygen atoms in total. The van der Waals surface area contributed by atoms with E-state index in [1.807, 2.05) is 0 Å². The summed E-state index contributed by atoms with van der Waals surface area (Å²) in [7, 11) is -4.35. The van der Waals surface area contributed by atoms with Crippen molar-refractivity contribution in [2.24, 2.45) is 0 Å². The number of fused-ring (bicyclic) bond motifs is 6. The van der Waals surface area contributed by atoms with Crippen molar-refractivity contribution in [2.75, 3.05) is 45.9 Å². The number of piperazine rings is 1. The summed E-state index contributed by atoms with van der Waals surface area (Å²) in [6, 6.07) is 2.18. The normalized spacial score (nSPS) is 35.0. The molecule has 0 saturated carbocycles. The van der Waals surface area contributed by atoms with Crippen LogP contribution in [0.5, 0.6) is 0 Å². The van der Waals surface area contributed by atoms with Crippen LogP contribution >= 0.6 is 0 Å². The van der Waals surface area contributed by atoms with E-state index in [0.29, 0.717) is 39.0 Å².